The minimum Gasteiger partial charge on any atom is -0.373 e. The van der Waals surface area contributed by atoms with Gasteiger partial charge in [0, 0.05) is 13.1 Å². The molecule has 9 heteroatoms. The fourth-order valence-electron chi connectivity index (χ4n) is 2.03. The van der Waals surface area contributed by atoms with Crippen LogP contribution in [0.3, 0.4) is 0 Å². The number of morpholine rings is 1. The van der Waals surface area contributed by atoms with Crippen molar-refractivity contribution in [1.82, 2.24) is 15.3 Å². The van der Waals surface area contributed by atoms with Crippen LogP contribution in [0.1, 0.15) is 19.5 Å². The van der Waals surface area contributed by atoms with Crippen LogP contribution in [-0.2, 0) is 10.9 Å². The molecule has 0 unspecified atom stereocenters. The van der Waals surface area contributed by atoms with Gasteiger partial charge in [-0.3, -0.25) is 4.98 Å². The average molecular weight is 327 g/mol. The number of aromatic nitrogens is 2. The van der Waals surface area contributed by atoms with E-state index in [1.54, 1.807) is 0 Å². The molecule has 0 aromatic carbocycles. The largest absolute Gasteiger partial charge is 0.434 e. The number of nitrogens with zero attached hydrogens (tertiary/aromatic N) is 2. The van der Waals surface area contributed by atoms with E-state index in [2.05, 4.69) is 20.6 Å². The number of hydrogen-bond acceptors (Lipinski definition) is 5. The molecule has 3 atom stereocenters. The Labute approximate surface area is 127 Å². The third kappa shape index (κ3) is 4.98. The van der Waals surface area contributed by atoms with E-state index in [1.165, 1.54) is 6.20 Å². The Morgan fingerprint density at radius 3 is 2.71 bits per heavy atom. The second-order valence-corrected chi connectivity index (χ2v) is 4.83. The van der Waals surface area contributed by atoms with Crippen molar-refractivity contribution < 1.29 is 17.9 Å². The highest BCUT2D eigenvalue weighted by Crippen LogP contribution is 2.27. The molecule has 1 aromatic heterocycles. The molecule has 2 rings (SSSR count). The van der Waals surface area contributed by atoms with Gasteiger partial charge in [-0.25, -0.2) is 4.98 Å². The Hall–Kier alpha value is -1.12. The summed E-state index contributed by atoms with van der Waals surface area (Å²) in [5.74, 6) is 0.104. The highest BCUT2D eigenvalue weighted by Gasteiger charge is 2.33. The van der Waals surface area contributed by atoms with Crippen LogP contribution in [0.5, 0.6) is 0 Å². The molecular weight excluding hydrogens is 309 g/mol. The monoisotopic (exact) mass is 326 g/mol. The fourth-order valence-corrected chi connectivity index (χ4v) is 2.03. The Kier molecular flexibility index (Phi) is 6.18. The molecule has 0 saturated carbocycles. The minimum atomic E-state index is -4.49. The number of anilines is 1. The van der Waals surface area contributed by atoms with Gasteiger partial charge in [0.2, 0.25) is 0 Å². The van der Waals surface area contributed by atoms with Crippen LogP contribution in [0.2, 0.25) is 0 Å². The summed E-state index contributed by atoms with van der Waals surface area (Å²) in [7, 11) is 0. The number of ether oxygens (including phenoxy) is 1. The molecule has 0 aliphatic carbocycles. The van der Waals surface area contributed by atoms with Crippen LogP contribution in [0.15, 0.2) is 12.4 Å². The summed E-state index contributed by atoms with van der Waals surface area (Å²) in [5.41, 5.74) is -1.00. The lowest BCUT2D eigenvalue weighted by Gasteiger charge is -2.34. The first-order valence-corrected chi connectivity index (χ1v) is 6.38. The molecule has 1 saturated heterocycles. The topological polar surface area (TPSA) is 59.1 Å². The molecular formula is C12H18ClF3N4O. The summed E-state index contributed by atoms with van der Waals surface area (Å²) in [6.45, 7) is 5.02. The molecule has 0 amide bonds. The first-order chi connectivity index (χ1) is 9.36. The quantitative estimate of drug-likeness (QED) is 0.891. The first kappa shape index (κ1) is 17.9. The van der Waals surface area contributed by atoms with Crippen molar-refractivity contribution in [3.8, 4) is 0 Å². The fraction of sp³-hybridized carbons (Fsp3) is 0.667. The van der Waals surface area contributed by atoms with E-state index in [1.807, 2.05) is 13.8 Å². The maximum Gasteiger partial charge on any atom is 0.434 e. The van der Waals surface area contributed by atoms with Gasteiger partial charge in [-0.05, 0) is 13.8 Å². The van der Waals surface area contributed by atoms with Gasteiger partial charge >= 0.3 is 6.18 Å². The average Bonchev–Trinajstić information content (AvgIpc) is 2.37. The van der Waals surface area contributed by atoms with Gasteiger partial charge in [0.25, 0.3) is 0 Å². The van der Waals surface area contributed by atoms with E-state index < -0.39 is 11.9 Å². The van der Waals surface area contributed by atoms with Crippen LogP contribution < -0.4 is 10.6 Å². The van der Waals surface area contributed by atoms with E-state index in [0.29, 0.717) is 19.3 Å². The smallest absolute Gasteiger partial charge is 0.373 e. The molecule has 21 heavy (non-hydrogen) atoms. The molecule has 1 aliphatic rings. The predicted molar refractivity (Wildman–Crippen MR) is 74.6 cm³/mol. The Morgan fingerprint density at radius 2 is 2.10 bits per heavy atom. The van der Waals surface area contributed by atoms with E-state index in [4.69, 9.17) is 4.74 Å². The van der Waals surface area contributed by atoms with E-state index in [9.17, 15) is 13.2 Å². The van der Waals surface area contributed by atoms with Crippen LogP contribution in [0.25, 0.3) is 0 Å². The van der Waals surface area contributed by atoms with Crippen molar-refractivity contribution in [2.45, 2.75) is 38.3 Å². The van der Waals surface area contributed by atoms with Crippen molar-refractivity contribution in [2.24, 2.45) is 0 Å². The summed E-state index contributed by atoms with van der Waals surface area (Å²) in [6.07, 6.45) is -2.40. The Morgan fingerprint density at radius 1 is 1.38 bits per heavy atom. The maximum absolute atomic E-state index is 12.5. The van der Waals surface area contributed by atoms with Gasteiger partial charge in [-0.1, -0.05) is 0 Å². The molecule has 1 aromatic rings. The molecule has 2 heterocycles. The number of nitrogens with one attached hydrogen (secondary N) is 2. The minimum absolute atomic E-state index is 0. The highest BCUT2D eigenvalue weighted by molar-refractivity contribution is 5.85. The summed E-state index contributed by atoms with van der Waals surface area (Å²) in [5, 5.41) is 6.13. The van der Waals surface area contributed by atoms with Crippen molar-refractivity contribution in [3.63, 3.8) is 0 Å². The Balaban J connectivity index is 0.00000220. The lowest BCUT2D eigenvalue weighted by atomic mass is 10.1. The SMILES string of the molecule is C[C@@H]1O[C@@H](C)CN[C@@H]1CNc1cncc(C(F)(F)F)n1.Cl. The predicted octanol–water partition coefficient (Wildman–Crippen LogP) is 2.09. The van der Waals surface area contributed by atoms with Crippen molar-refractivity contribution in [1.29, 1.82) is 0 Å². The second kappa shape index (κ2) is 7.24. The molecule has 120 valence electrons. The summed E-state index contributed by atoms with van der Waals surface area (Å²) < 4.78 is 43.2. The first-order valence-electron chi connectivity index (χ1n) is 6.38. The summed E-state index contributed by atoms with van der Waals surface area (Å²) in [4.78, 5) is 7.05. The number of rotatable bonds is 3. The Bertz CT molecular complexity index is 460. The zero-order valence-corrected chi connectivity index (χ0v) is 12.5. The number of alkyl halides is 3. The lowest BCUT2D eigenvalue weighted by Crippen LogP contribution is -2.53. The van der Waals surface area contributed by atoms with Crippen molar-refractivity contribution in [3.05, 3.63) is 18.1 Å². The molecule has 0 bridgehead atoms. The van der Waals surface area contributed by atoms with Crippen LogP contribution in [-0.4, -0.2) is 41.3 Å². The van der Waals surface area contributed by atoms with E-state index >= 15 is 0 Å². The third-order valence-corrected chi connectivity index (χ3v) is 3.11. The molecule has 5 nitrogen and oxygen atoms in total. The molecule has 0 spiro atoms. The zero-order valence-electron chi connectivity index (χ0n) is 11.6. The third-order valence-electron chi connectivity index (χ3n) is 3.11. The standard InChI is InChI=1S/C12H17F3N4O.ClH/c1-7-3-17-9(8(2)20-7)4-18-11-6-16-5-10(19-11)12(13,14)15;/h5-9,17H,3-4H2,1-2H3,(H,18,19);1H/t7-,8-,9+;/m0./s1. The van der Waals surface area contributed by atoms with E-state index in [-0.39, 0.29) is 36.5 Å². The van der Waals surface area contributed by atoms with Gasteiger partial charge in [-0.2, -0.15) is 13.2 Å². The van der Waals surface area contributed by atoms with Gasteiger partial charge in [-0.15, -0.1) is 12.4 Å². The lowest BCUT2D eigenvalue weighted by molar-refractivity contribution is -0.141. The van der Waals surface area contributed by atoms with Crippen LogP contribution >= 0.6 is 12.4 Å². The van der Waals surface area contributed by atoms with Gasteiger partial charge in [0.05, 0.1) is 30.6 Å². The van der Waals surface area contributed by atoms with Crippen LogP contribution in [0, 0.1) is 0 Å². The number of hydrogen-bond donors (Lipinski definition) is 2. The molecule has 1 fully saturated rings. The number of halogens is 4. The summed E-state index contributed by atoms with van der Waals surface area (Å²) in [6, 6.07) is 0.0162. The zero-order chi connectivity index (χ0) is 14.8. The molecule has 0 radical (unpaired) electrons. The van der Waals surface area contributed by atoms with Crippen LogP contribution in [0.4, 0.5) is 19.0 Å². The normalized spacial score (nSPS) is 26.0. The van der Waals surface area contributed by atoms with Crippen molar-refractivity contribution >= 4 is 18.2 Å². The van der Waals surface area contributed by atoms with E-state index in [0.717, 1.165) is 0 Å². The van der Waals surface area contributed by atoms with Gasteiger partial charge in [0.15, 0.2) is 5.69 Å². The molecule has 1 aliphatic heterocycles. The van der Waals surface area contributed by atoms with Crippen molar-refractivity contribution in [2.75, 3.05) is 18.4 Å². The maximum atomic E-state index is 12.5. The van der Waals surface area contributed by atoms with Gasteiger partial charge < -0.3 is 15.4 Å². The highest BCUT2D eigenvalue weighted by atomic mass is 35.5. The summed E-state index contributed by atoms with van der Waals surface area (Å²) >= 11 is 0. The molecule has 2 N–H and O–H groups in total. The second-order valence-electron chi connectivity index (χ2n) is 4.83. The van der Waals surface area contributed by atoms with Gasteiger partial charge in [0.1, 0.15) is 5.82 Å².